The zero-order valence-electron chi connectivity index (χ0n) is 8.10. The van der Waals surface area contributed by atoms with Crippen molar-refractivity contribution in [2.45, 2.75) is 0 Å². The molecule has 80 valence electrons. The van der Waals surface area contributed by atoms with Gasteiger partial charge in [0.05, 0.1) is 11.3 Å². The molecule has 0 saturated carbocycles. The van der Waals surface area contributed by atoms with Crippen LogP contribution in [0.1, 0.15) is 5.56 Å². The Morgan fingerprint density at radius 2 is 2.20 bits per heavy atom. The summed E-state index contributed by atoms with van der Waals surface area (Å²) in [7, 11) is 1.43. The van der Waals surface area contributed by atoms with E-state index in [1.54, 1.807) is 0 Å². The van der Waals surface area contributed by atoms with Crippen molar-refractivity contribution in [2.24, 2.45) is 5.73 Å². The summed E-state index contributed by atoms with van der Waals surface area (Å²) in [6, 6.07) is 3.57. The van der Waals surface area contributed by atoms with E-state index in [-0.39, 0.29) is 11.3 Å². The Morgan fingerprint density at radius 3 is 2.73 bits per heavy atom. The maximum absolute atomic E-state index is 13.3. The lowest BCUT2D eigenvalue weighted by atomic mass is 10.1. The van der Waals surface area contributed by atoms with Crippen molar-refractivity contribution < 1.29 is 9.18 Å². The van der Waals surface area contributed by atoms with Gasteiger partial charge in [0.2, 0.25) is 0 Å². The first-order valence-electron chi connectivity index (χ1n) is 4.18. The minimum atomic E-state index is -0.642. The molecule has 15 heavy (non-hydrogen) atoms. The third kappa shape index (κ3) is 2.43. The highest BCUT2D eigenvalue weighted by atomic mass is 19.1. The average Bonchev–Trinajstić information content (AvgIpc) is 2.17. The highest BCUT2D eigenvalue weighted by Crippen LogP contribution is 2.17. The van der Waals surface area contributed by atoms with Gasteiger partial charge in [-0.15, -0.1) is 0 Å². The van der Waals surface area contributed by atoms with Crippen LogP contribution in [0.2, 0.25) is 0 Å². The van der Waals surface area contributed by atoms with Gasteiger partial charge in [0.15, 0.2) is 0 Å². The summed E-state index contributed by atoms with van der Waals surface area (Å²) < 4.78 is 13.3. The predicted molar refractivity (Wildman–Crippen MR) is 55.5 cm³/mol. The second kappa shape index (κ2) is 4.41. The Morgan fingerprint density at radius 1 is 1.53 bits per heavy atom. The highest BCUT2D eigenvalue weighted by Gasteiger charge is 2.12. The molecule has 2 amide bonds. The number of anilines is 1. The number of hydrogen-bond donors (Lipinski definition) is 4. The van der Waals surface area contributed by atoms with Crippen molar-refractivity contribution >= 4 is 17.6 Å². The zero-order valence-corrected chi connectivity index (χ0v) is 8.10. The number of amidine groups is 1. The Labute approximate surface area is 86.0 Å². The lowest BCUT2D eigenvalue weighted by Crippen LogP contribution is -2.26. The smallest absolute Gasteiger partial charge is 0.318 e. The number of nitrogen functional groups attached to an aromatic ring is 1. The normalized spacial score (nSPS) is 9.47. The maximum Gasteiger partial charge on any atom is 0.318 e. The van der Waals surface area contributed by atoms with Gasteiger partial charge in [-0.2, -0.15) is 0 Å². The second-order valence-electron chi connectivity index (χ2n) is 2.78. The molecule has 0 aliphatic carbocycles. The number of halogens is 1. The number of amides is 2. The van der Waals surface area contributed by atoms with E-state index in [0.717, 1.165) is 0 Å². The largest absolute Gasteiger partial charge is 0.384 e. The molecule has 1 aromatic rings. The SMILES string of the molecule is CNC(=O)Nc1cccc(F)c1C(=N)N. The summed E-state index contributed by atoms with van der Waals surface area (Å²) in [5.74, 6) is -1.07. The summed E-state index contributed by atoms with van der Waals surface area (Å²) >= 11 is 0. The van der Waals surface area contributed by atoms with Crippen molar-refractivity contribution in [3.63, 3.8) is 0 Å². The summed E-state index contributed by atoms with van der Waals surface area (Å²) in [6.07, 6.45) is 0. The fraction of sp³-hybridized carbons (Fsp3) is 0.111. The Bertz CT molecular complexity index is 405. The van der Waals surface area contributed by atoms with E-state index in [1.807, 2.05) is 0 Å². The van der Waals surface area contributed by atoms with E-state index in [1.165, 1.54) is 25.2 Å². The Hall–Kier alpha value is -2.11. The minimum absolute atomic E-state index is 0.110. The van der Waals surface area contributed by atoms with Crippen LogP contribution >= 0.6 is 0 Å². The lowest BCUT2D eigenvalue weighted by molar-refractivity contribution is 0.254. The third-order valence-electron chi connectivity index (χ3n) is 1.76. The van der Waals surface area contributed by atoms with Gasteiger partial charge in [-0.1, -0.05) is 6.07 Å². The van der Waals surface area contributed by atoms with E-state index in [0.29, 0.717) is 0 Å². The molecule has 5 nitrogen and oxygen atoms in total. The van der Waals surface area contributed by atoms with E-state index in [9.17, 15) is 9.18 Å². The second-order valence-corrected chi connectivity index (χ2v) is 2.78. The molecule has 0 spiro atoms. The first-order valence-corrected chi connectivity index (χ1v) is 4.18. The van der Waals surface area contributed by atoms with Gasteiger partial charge >= 0.3 is 6.03 Å². The van der Waals surface area contributed by atoms with Crippen LogP contribution in [0.25, 0.3) is 0 Å². The molecule has 0 heterocycles. The van der Waals surface area contributed by atoms with Gasteiger partial charge in [-0.3, -0.25) is 5.41 Å². The summed E-state index contributed by atoms with van der Waals surface area (Å²) in [5.41, 5.74) is 5.26. The number of urea groups is 1. The number of rotatable bonds is 2. The molecular weight excluding hydrogens is 199 g/mol. The Kier molecular flexibility index (Phi) is 3.22. The molecule has 0 bridgehead atoms. The maximum atomic E-state index is 13.3. The van der Waals surface area contributed by atoms with Crippen molar-refractivity contribution in [2.75, 3.05) is 12.4 Å². The highest BCUT2D eigenvalue weighted by molar-refractivity contribution is 6.04. The van der Waals surface area contributed by atoms with Crippen LogP contribution in [0.4, 0.5) is 14.9 Å². The predicted octanol–water partition coefficient (Wildman–Crippen LogP) is 0.861. The van der Waals surface area contributed by atoms with Gasteiger partial charge in [-0.25, -0.2) is 9.18 Å². The van der Waals surface area contributed by atoms with Gasteiger partial charge in [0.1, 0.15) is 11.7 Å². The molecule has 1 rings (SSSR count). The van der Waals surface area contributed by atoms with Gasteiger partial charge in [0.25, 0.3) is 0 Å². The van der Waals surface area contributed by atoms with Crippen LogP contribution in [0.3, 0.4) is 0 Å². The van der Waals surface area contributed by atoms with E-state index >= 15 is 0 Å². The number of benzene rings is 1. The quantitative estimate of drug-likeness (QED) is 0.430. The molecule has 0 aliphatic rings. The van der Waals surface area contributed by atoms with Gasteiger partial charge in [0, 0.05) is 7.05 Å². The Balaban J connectivity index is 3.11. The molecule has 0 aromatic heterocycles. The molecule has 0 atom stereocenters. The molecule has 0 saturated heterocycles. The zero-order chi connectivity index (χ0) is 11.4. The number of carbonyl (C=O) groups is 1. The van der Waals surface area contributed by atoms with Crippen LogP contribution in [0.15, 0.2) is 18.2 Å². The van der Waals surface area contributed by atoms with Crippen LogP contribution < -0.4 is 16.4 Å². The van der Waals surface area contributed by atoms with Crippen LogP contribution in [-0.2, 0) is 0 Å². The van der Waals surface area contributed by atoms with Crippen molar-refractivity contribution in [3.8, 4) is 0 Å². The fourth-order valence-electron chi connectivity index (χ4n) is 1.09. The molecule has 0 fully saturated rings. The summed E-state index contributed by atoms with van der Waals surface area (Å²) in [6.45, 7) is 0. The number of hydrogen-bond acceptors (Lipinski definition) is 2. The first kappa shape index (κ1) is 11.0. The monoisotopic (exact) mass is 210 g/mol. The number of carbonyl (C=O) groups excluding carboxylic acids is 1. The van der Waals surface area contributed by atoms with Crippen LogP contribution in [0, 0.1) is 11.2 Å². The molecule has 0 unspecified atom stereocenters. The van der Waals surface area contributed by atoms with Gasteiger partial charge < -0.3 is 16.4 Å². The molecule has 6 heteroatoms. The van der Waals surface area contributed by atoms with E-state index in [4.69, 9.17) is 11.1 Å². The van der Waals surface area contributed by atoms with Crippen molar-refractivity contribution in [1.29, 1.82) is 5.41 Å². The average molecular weight is 210 g/mol. The number of nitrogens with two attached hydrogens (primary N) is 1. The van der Waals surface area contributed by atoms with Crippen molar-refractivity contribution in [1.82, 2.24) is 5.32 Å². The molecular formula is C9H11FN4O. The van der Waals surface area contributed by atoms with E-state index in [2.05, 4.69) is 10.6 Å². The minimum Gasteiger partial charge on any atom is -0.384 e. The van der Waals surface area contributed by atoms with Crippen LogP contribution in [0.5, 0.6) is 0 Å². The molecule has 1 aromatic carbocycles. The summed E-state index contributed by atoms with van der Waals surface area (Å²) in [5, 5.41) is 11.9. The van der Waals surface area contributed by atoms with Gasteiger partial charge in [-0.05, 0) is 12.1 Å². The number of nitrogens with one attached hydrogen (secondary N) is 3. The fourth-order valence-corrected chi connectivity index (χ4v) is 1.09. The molecule has 0 radical (unpaired) electrons. The van der Waals surface area contributed by atoms with Crippen LogP contribution in [-0.4, -0.2) is 18.9 Å². The standard InChI is InChI=1S/C9H11FN4O/c1-13-9(15)14-6-4-2-3-5(10)7(6)8(11)12/h2-4H,1H3,(H3,11,12)(H2,13,14,15). The summed E-state index contributed by atoms with van der Waals surface area (Å²) in [4.78, 5) is 11.0. The van der Waals surface area contributed by atoms with Crippen molar-refractivity contribution in [3.05, 3.63) is 29.6 Å². The molecule has 0 aliphatic heterocycles. The molecule has 5 N–H and O–H groups in total. The first-order chi connectivity index (χ1) is 7.06. The van der Waals surface area contributed by atoms with E-state index < -0.39 is 17.7 Å². The topological polar surface area (TPSA) is 91.0 Å². The third-order valence-corrected chi connectivity index (χ3v) is 1.76. The lowest BCUT2D eigenvalue weighted by Gasteiger charge is -2.10.